The number of phenolic OH excluding ortho intramolecular Hbond substituents is 1. The first-order valence-corrected chi connectivity index (χ1v) is 7.59. The molecular formula is C20H12NO4. The van der Waals surface area contributed by atoms with E-state index < -0.39 is 11.9 Å². The van der Waals surface area contributed by atoms with Crippen molar-refractivity contribution < 1.29 is 19.8 Å². The molecule has 25 heavy (non-hydrogen) atoms. The lowest BCUT2D eigenvalue weighted by atomic mass is 9.95. The summed E-state index contributed by atoms with van der Waals surface area (Å²) in [5.74, 6) is -1.28. The smallest absolute Gasteiger partial charge is 0.336 e. The lowest BCUT2D eigenvalue weighted by Gasteiger charge is -2.10. The van der Waals surface area contributed by atoms with Crippen molar-refractivity contribution in [2.45, 2.75) is 0 Å². The number of aromatic hydroxyl groups is 1. The summed E-state index contributed by atoms with van der Waals surface area (Å²) >= 11 is 0. The van der Waals surface area contributed by atoms with Gasteiger partial charge >= 0.3 is 5.97 Å². The summed E-state index contributed by atoms with van der Waals surface area (Å²) in [4.78, 5) is 23.2. The van der Waals surface area contributed by atoms with Gasteiger partial charge in [-0.3, -0.25) is 4.79 Å². The third-order valence-corrected chi connectivity index (χ3v) is 4.24. The third kappa shape index (κ3) is 2.52. The van der Waals surface area contributed by atoms with Gasteiger partial charge in [-0.15, -0.1) is 0 Å². The lowest BCUT2D eigenvalue weighted by molar-refractivity contribution is -0.114. The molecule has 1 radical (unpaired) electrons. The lowest BCUT2D eigenvalue weighted by Crippen LogP contribution is -2.34. The number of carboxylic acid groups (broad SMARTS) is 1. The van der Waals surface area contributed by atoms with Crippen LogP contribution >= 0.6 is 0 Å². The topological polar surface area (TPSA) is 88.7 Å². The van der Waals surface area contributed by atoms with Crippen LogP contribution in [0.15, 0.2) is 48.5 Å². The van der Waals surface area contributed by atoms with Gasteiger partial charge in [0.05, 0.1) is 5.56 Å². The van der Waals surface area contributed by atoms with Crippen LogP contribution in [0.3, 0.4) is 0 Å². The number of carbonyl (C=O) groups is 2. The van der Waals surface area contributed by atoms with E-state index in [0.29, 0.717) is 16.0 Å². The number of hydrogen-bond acceptors (Lipinski definition) is 3. The highest BCUT2D eigenvalue weighted by atomic mass is 16.4. The van der Waals surface area contributed by atoms with Crippen LogP contribution in [0.1, 0.15) is 10.4 Å². The molecule has 0 spiro atoms. The Morgan fingerprint density at radius 3 is 2.36 bits per heavy atom. The van der Waals surface area contributed by atoms with Crippen LogP contribution in [0.25, 0.3) is 34.2 Å². The molecule has 0 atom stereocenters. The van der Waals surface area contributed by atoms with Crippen molar-refractivity contribution in [3.8, 4) is 16.9 Å². The quantitative estimate of drug-likeness (QED) is 0.746. The predicted octanol–water partition coefficient (Wildman–Crippen LogP) is 1.57. The van der Waals surface area contributed by atoms with E-state index >= 15 is 0 Å². The Hall–Kier alpha value is -3.60. The fourth-order valence-electron chi connectivity index (χ4n) is 3.04. The number of carboxylic acids is 1. The number of rotatable bonds is 2. The molecule has 3 aromatic rings. The van der Waals surface area contributed by atoms with Crippen molar-refractivity contribution in [1.82, 2.24) is 5.32 Å². The maximum atomic E-state index is 11.6. The van der Waals surface area contributed by atoms with Crippen molar-refractivity contribution >= 4 is 34.9 Å². The zero-order valence-corrected chi connectivity index (χ0v) is 12.9. The van der Waals surface area contributed by atoms with E-state index in [1.165, 1.54) is 18.3 Å². The number of phenols is 1. The molecule has 0 saturated heterocycles. The first-order valence-electron chi connectivity index (χ1n) is 7.59. The minimum absolute atomic E-state index is 0.144. The highest BCUT2D eigenvalue weighted by Crippen LogP contribution is 2.26. The largest absolute Gasteiger partial charge is 0.508 e. The average Bonchev–Trinajstić information content (AvgIpc) is 2.60. The van der Waals surface area contributed by atoms with Gasteiger partial charge in [0.25, 0.3) is 5.91 Å². The van der Waals surface area contributed by atoms with Crippen LogP contribution < -0.4 is 15.8 Å². The van der Waals surface area contributed by atoms with Gasteiger partial charge in [0.1, 0.15) is 5.75 Å². The Balaban J connectivity index is 2.07. The molecule has 5 nitrogen and oxygen atoms in total. The molecule has 1 aliphatic rings. The highest BCUT2D eigenvalue weighted by molar-refractivity contribution is 6.10. The normalized spacial score (nSPS) is 12.7. The van der Waals surface area contributed by atoms with Gasteiger partial charge in [-0.25, -0.2) is 10.1 Å². The molecule has 0 aliphatic carbocycles. The van der Waals surface area contributed by atoms with E-state index in [4.69, 9.17) is 0 Å². The monoisotopic (exact) mass is 330 g/mol. The van der Waals surface area contributed by atoms with Crippen LogP contribution in [-0.2, 0) is 4.79 Å². The molecule has 2 N–H and O–H groups in total. The fraction of sp³-hybridized carbons (Fsp3) is 0. The van der Waals surface area contributed by atoms with E-state index in [0.717, 1.165) is 16.3 Å². The standard InChI is InChI=1S/C20H12NO4/c22-14-4-1-11(2-5-14)12-3-6-15-16(7-12)18-10-21-19(23)9-13(18)8-17(15)20(24)25/h1-10,22H,(H,24,25). The summed E-state index contributed by atoms with van der Waals surface area (Å²) < 4.78 is 0. The van der Waals surface area contributed by atoms with Crippen molar-refractivity contribution in [1.29, 1.82) is 0 Å². The van der Waals surface area contributed by atoms with Crippen LogP contribution in [0.2, 0.25) is 0 Å². The Bertz CT molecular complexity index is 1160. The van der Waals surface area contributed by atoms with Gasteiger partial charge in [-0.1, -0.05) is 24.3 Å². The highest BCUT2D eigenvalue weighted by Gasteiger charge is 2.14. The SMILES string of the molecule is O=C1C=c2cc(C(=O)O)c3ccc(-c4ccc(O)cc4)cc3c2=C[N]1. The number of nitrogens with zero attached hydrogens (tertiary/aromatic N) is 1. The van der Waals surface area contributed by atoms with Gasteiger partial charge < -0.3 is 10.2 Å². The summed E-state index contributed by atoms with van der Waals surface area (Å²) in [5.41, 5.74) is 1.91. The second kappa shape index (κ2) is 5.49. The molecule has 0 bridgehead atoms. The number of carbonyl (C=O) groups excluding carboxylic acids is 1. The van der Waals surface area contributed by atoms with Crippen molar-refractivity contribution in [2.24, 2.45) is 0 Å². The number of hydrogen-bond donors (Lipinski definition) is 2. The molecule has 5 heteroatoms. The summed E-state index contributed by atoms with van der Waals surface area (Å²) in [7, 11) is 0. The van der Waals surface area contributed by atoms with Crippen molar-refractivity contribution in [3.63, 3.8) is 0 Å². The second-order valence-electron chi connectivity index (χ2n) is 5.78. The third-order valence-electron chi connectivity index (χ3n) is 4.24. The van der Waals surface area contributed by atoms with E-state index in [1.54, 1.807) is 30.3 Å². The van der Waals surface area contributed by atoms with Gasteiger partial charge in [-0.05, 0) is 51.4 Å². The number of benzene rings is 3. The minimum Gasteiger partial charge on any atom is -0.508 e. The van der Waals surface area contributed by atoms with Crippen LogP contribution in [0.5, 0.6) is 5.75 Å². The fourth-order valence-corrected chi connectivity index (χ4v) is 3.04. The predicted molar refractivity (Wildman–Crippen MR) is 93.3 cm³/mol. The molecule has 0 unspecified atom stereocenters. The molecular weight excluding hydrogens is 318 g/mol. The van der Waals surface area contributed by atoms with Gasteiger partial charge in [-0.2, -0.15) is 0 Å². The number of fused-ring (bicyclic) bond motifs is 3. The maximum absolute atomic E-state index is 11.6. The van der Waals surface area contributed by atoms with E-state index in [9.17, 15) is 19.8 Å². The van der Waals surface area contributed by atoms with Gasteiger partial charge in [0.15, 0.2) is 0 Å². The van der Waals surface area contributed by atoms with Crippen LogP contribution in [0, 0.1) is 0 Å². The molecule has 0 fully saturated rings. The molecule has 4 rings (SSSR count). The zero-order valence-electron chi connectivity index (χ0n) is 12.9. The Kier molecular flexibility index (Phi) is 3.28. The summed E-state index contributed by atoms with van der Waals surface area (Å²) in [6.45, 7) is 0. The first-order chi connectivity index (χ1) is 12.0. The van der Waals surface area contributed by atoms with Crippen molar-refractivity contribution in [2.75, 3.05) is 0 Å². The first kappa shape index (κ1) is 15.0. The molecule has 1 amide bonds. The molecule has 1 aliphatic heterocycles. The van der Waals surface area contributed by atoms with E-state index in [2.05, 4.69) is 5.32 Å². The maximum Gasteiger partial charge on any atom is 0.336 e. The van der Waals surface area contributed by atoms with Gasteiger partial charge in [0.2, 0.25) is 0 Å². The molecule has 0 aromatic heterocycles. The molecule has 0 saturated carbocycles. The summed E-state index contributed by atoms with van der Waals surface area (Å²) in [6, 6.07) is 13.7. The van der Waals surface area contributed by atoms with Crippen molar-refractivity contribution in [3.05, 3.63) is 64.5 Å². The minimum atomic E-state index is -1.05. The molecule has 1 heterocycles. The van der Waals surface area contributed by atoms with E-state index in [-0.39, 0.29) is 11.3 Å². The van der Waals surface area contributed by atoms with E-state index in [1.807, 2.05) is 12.1 Å². The number of amides is 1. The second-order valence-corrected chi connectivity index (χ2v) is 5.78. The number of aromatic carboxylic acids is 1. The Morgan fingerprint density at radius 2 is 1.64 bits per heavy atom. The van der Waals surface area contributed by atoms with Gasteiger partial charge in [0, 0.05) is 17.5 Å². The van der Waals surface area contributed by atoms with Crippen LogP contribution in [0.4, 0.5) is 0 Å². The Morgan fingerprint density at radius 1 is 0.920 bits per heavy atom. The molecule has 121 valence electrons. The molecule has 3 aromatic carbocycles. The van der Waals surface area contributed by atoms with Crippen LogP contribution in [-0.4, -0.2) is 22.1 Å². The Labute approximate surface area is 142 Å². The summed E-state index contributed by atoms with van der Waals surface area (Å²) in [5, 5.41) is 25.3. The average molecular weight is 330 g/mol. The summed E-state index contributed by atoms with van der Waals surface area (Å²) in [6.07, 6.45) is 2.82. The zero-order chi connectivity index (χ0) is 17.6.